The van der Waals surface area contributed by atoms with Crippen LogP contribution in [0.4, 0.5) is 11.4 Å². The van der Waals surface area contributed by atoms with Gasteiger partial charge in [0.25, 0.3) is 5.69 Å². The molecule has 0 spiro atoms. The SMILES string of the molecule is COCCCN(CCOC)Cc1cc([N+](=O)[O-])ccc1N. The first-order chi connectivity index (χ1) is 10.1. The second-order valence-corrected chi connectivity index (χ2v) is 4.76. The Morgan fingerprint density at radius 2 is 1.95 bits per heavy atom. The first-order valence-corrected chi connectivity index (χ1v) is 6.81. The molecule has 7 heteroatoms. The molecule has 7 nitrogen and oxygen atoms in total. The average Bonchev–Trinajstić information content (AvgIpc) is 2.46. The number of nitro groups is 1. The van der Waals surface area contributed by atoms with E-state index in [1.807, 2.05) is 0 Å². The molecule has 0 heterocycles. The van der Waals surface area contributed by atoms with Crippen molar-refractivity contribution in [3.63, 3.8) is 0 Å². The van der Waals surface area contributed by atoms with Gasteiger partial charge in [0.15, 0.2) is 0 Å². The summed E-state index contributed by atoms with van der Waals surface area (Å²) < 4.78 is 10.1. The van der Waals surface area contributed by atoms with Crippen LogP contribution < -0.4 is 5.73 Å². The van der Waals surface area contributed by atoms with E-state index in [0.29, 0.717) is 25.4 Å². The average molecular weight is 297 g/mol. The lowest BCUT2D eigenvalue weighted by Crippen LogP contribution is -2.29. The number of hydrogen-bond acceptors (Lipinski definition) is 6. The predicted molar refractivity (Wildman–Crippen MR) is 81.2 cm³/mol. The molecule has 1 aromatic rings. The third-order valence-corrected chi connectivity index (χ3v) is 3.17. The Kier molecular flexibility index (Phi) is 7.66. The van der Waals surface area contributed by atoms with Gasteiger partial charge < -0.3 is 15.2 Å². The van der Waals surface area contributed by atoms with Crippen LogP contribution in [0, 0.1) is 10.1 Å². The van der Waals surface area contributed by atoms with Gasteiger partial charge in [-0.1, -0.05) is 0 Å². The minimum atomic E-state index is -0.409. The molecule has 1 aromatic carbocycles. The highest BCUT2D eigenvalue weighted by atomic mass is 16.6. The molecular weight excluding hydrogens is 274 g/mol. The highest BCUT2D eigenvalue weighted by Gasteiger charge is 2.12. The fraction of sp³-hybridized carbons (Fsp3) is 0.571. The summed E-state index contributed by atoms with van der Waals surface area (Å²) in [4.78, 5) is 12.6. The lowest BCUT2D eigenvalue weighted by atomic mass is 10.1. The molecule has 0 unspecified atom stereocenters. The van der Waals surface area contributed by atoms with Crippen LogP contribution >= 0.6 is 0 Å². The summed E-state index contributed by atoms with van der Waals surface area (Å²) in [6.45, 7) is 3.39. The summed E-state index contributed by atoms with van der Waals surface area (Å²) in [6, 6.07) is 4.53. The second-order valence-electron chi connectivity index (χ2n) is 4.76. The monoisotopic (exact) mass is 297 g/mol. The molecule has 1 rings (SSSR count). The summed E-state index contributed by atoms with van der Waals surface area (Å²) in [5.74, 6) is 0. The number of benzene rings is 1. The number of anilines is 1. The quantitative estimate of drug-likeness (QED) is 0.306. The molecule has 0 radical (unpaired) electrons. The fourth-order valence-electron chi connectivity index (χ4n) is 2.01. The van der Waals surface area contributed by atoms with E-state index in [1.54, 1.807) is 20.3 Å². The smallest absolute Gasteiger partial charge is 0.269 e. The normalized spacial score (nSPS) is 11.0. The molecule has 0 aliphatic heterocycles. The molecule has 0 saturated heterocycles. The molecule has 0 atom stereocenters. The van der Waals surface area contributed by atoms with Gasteiger partial charge in [-0.25, -0.2) is 0 Å². The van der Waals surface area contributed by atoms with Crippen LogP contribution in [0.25, 0.3) is 0 Å². The van der Waals surface area contributed by atoms with Gasteiger partial charge in [0.05, 0.1) is 11.5 Å². The minimum Gasteiger partial charge on any atom is -0.398 e. The maximum atomic E-state index is 10.8. The summed E-state index contributed by atoms with van der Waals surface area (Å²) >= 11 is 0. The molecule has 21 heavy (non-hydrogen) atoms. The second kappa shape index (κ2) is 9.28. The molecule has 0 aromatic heterocycles. The summed E-state index contributed by atoms with van der Waals surface area (Å²) in [6.07, 6.45) is 0.884. The highest BCUT2D eigenvalue weighted by Crippen LogP contribution is 2.21. The van der Waals surface area contributed by atoms with Crippen LogP contribution in [0.15, 0.2) is 18.2 Å². The van der Waals surface area contributed by atoms with Crippen molar-refractivity contribution >= 4 is 11.4 Å². The van der Waals surface area contributed by atoms with Crippen LogP contribution in [0.2, 0.25) is 0 Å². The lowest BCUT2D eigenvalue weighted by molar-refractivity contribution is -0.384. The number of non-ortho nitro benzene ring substituents is 1. The zero-order valence-corrected chi connectivity index (χ0v) is 12.6. The molecular formula is C14H23N3O4. The van der Waals surface area contributed by atoms with E-state index in [0.717, 1.165) is 25.1 Å². The van der Waals surface area contributed by atoms with Crippen LogP contribution in [0.1, 0.15) is 12.0 Å². The Balaban J connectivity index is 2.75. The number of nitrogen functional groups attached to an aromatic ring is 1. The van der Waals surface area contributed by atoms with E-state index in [1.165, 1.54) is 12.1 Å². The Bertz CT molecular complexity index is 454. The molecule has 2 N–H and O–H groups in total. The minimum absolute atomic E-state index is 0.0581. The van der Waals surface area contributed by atoms with Gasteiger partial charge in [-0.2, -0.15) is 0 Å². The summed E-state index contributed by atoms with van der Waals surface area (Å²) in [5, 5.41) is 10.8. The van der Waals surface area contributed by atoms with Gasteiger partial charge in [-0.3, -0.25) is 15.0 Å². The van der Waals surface area contributed by atoms with Gasteiger partial charge in [0, 0.05) is 58.3 Å². The topological polar surface area (TPSA) is 90.9 Å². The van der Waals surface area contributed by atoms with E-state index in [9.17, 15) is 10.1 Å². The van der Waals surface area contributed by atoms with E-state index >= 15 is 0 Å². The number of ether oxygens (including phenoxy) is 2. The summed E-state index contributed by atoms with van der Waals surface area (Å²) in [5.41, 5.74) is 7.30. The first-order valence-electron chi connectivity index (χ1n) is 6.81. The Labute approximate surface area is 124 Å². The molecule has 118 valence electrons. The first kappa shape index (κ1) is 17.4. The maximum Gasteiger partial charge on any atom is 0.269 e. The van der Waals surface area contributed by atoms with Crippen molar-refractivity contribution in [1.29, 1.82) is 0 Å². The third-order valence-electron chi connectivity index (χ3n) is 3.17. The standard InChI is InChI=1S/C14H23N3O4/c1-20-8-3-6-16(7-9-21-2)11-12-10-13(17(18)19)4-5-14(12)15/h4-5,10H,3,6-9,11,15H2,1-2H3. The van der Waals surface area contributed by atoms with Crippen molar-refractivity contribution in [2.45, 2.75) is 13.0 Å². The number of methoxy groups -OCH3 is 2. The van der Waals surface area contributed by atoms with Crippen molar-refractivity contribution in [3.05, 3.63) is 33.9 Å². The lowest BCUT2D eigenvalue weighted by Gasteiger charge is -2.22. The largest absolute Gasteiger partial charge is 0.398 e. The zero-order chi connectivity index (χ0) is 15.7. The van der Waals surface area contributed by atoms with Gasteiger partial charge in [0.2, 0.25) is 0 Å². The number of nitro benzene ring substituents is 1. The van der Waals surface area contributed by atoms with E-state index in [2.05, 4.69) is 4.90 Å². The fourth-order valence-corrected chi connectivity index (χ4v) is 2.01. The van der Waals surface area contributed by atoms with Crippen LogP contribution in [0.3, 0.4) is 0 Å². The molecule has 0 saturated carbocycles. The number of hydrogen-bond donors (Lipinski definition) is 1. The van der Waals surface area contributed by atoms with Gasteiger partial charge in [0.1, 0.15) is 0 Å². The van der Waals surface area contributed by atoms with E-state index in [4.69, 9.17) is 15.2 Å². The van der Waals surface area contributed by atoms with Gasteiger partial charge in [-0.15, -0.1) is 0 Å². The highest BCUT2D eigenvalue weighted by molar-refractivity contribution is 5.52. The Hall–Kier alpha value is -1.70. The van der Waals surface area contributed by atoms with Crippen molar-refractivity contribution < 1.29 is 14.4 Å². The summed E-state index contributed by atoms with van der Waals surface area (Å²) in [7, 11) is 3.31. The van der Waals surface area contributed by atoms with Crippen LogP contribution in [-0.2, 0) is 16.0 Å². The Morgan fingerprint density at radius 3 is 2.57 bits per heavy atom. The van der Waals surface area contributed by atoms with E-state index in [-0.39, 0.29) is 5.69 Å². The van der Waals surface area contributed by atoms with Crippen molar-refractivity contribution in [1.82, 2.24) is 4.90 Å². The predicted octanol–water partition coefficient (Wildman–Crippen LogP) is 1.66. The molecule has 0 aliphatic carbocycles. The third kappa shape index (κ3) is 6.07. The van der Waals surface area contributed by atoms with Crippen molar-refractivity contribution in [2.24, 2.45) is 0 Å². The van der Waals surface area contributed by atoms with Gasteiger partial charge in [-0.05, 0) is 18.1 Å². The van der Waals surface area contributed by atoms with E-state index < -0.39 is 4.92 Å². The number of nitrogens with zero attached hydrogens (tertiary/aromatic N) is 2. The van der Waals surface area contributed by atoms with Crippen LogP contribution in [-0.4, -0.2) is 50.3 Å². The van der Waals surface area contributed by atoms with Crippen molar-refractivity contribution in [3.8, 4) is 0 Å². The van der Waals surface area contributed by atoms with Crippen LogP contribution in [0.5, 0.6) is 0 Å². The maximum absolute atomic E-state index is 10.8. The molecule has 0 fully saturated rings. The number of nitrogens with two attached hydrogens (primary N) is 1. The van der Waals surface area contributed by atoms with Crippen molar-refractivity contribution in [2.75, 3.05) is 46.3 Å². The zero-order valence-electron chi connectivity index (χ0n) is 12.6. The van der Waals surface area contributed by atoms with Gasteiger partial charge >= 0.3 is 0 Å². The Morgan fingerprint density at radius 1 is 1.24 bits per heavy atom. The number of rotatable bonds is 10. The molecule has 0 bridgehead atoms. The molecule has 0 aliphatic rings. The molecule has 0 amide bonds.